The van der Waals surface area contributed by atoms with Crippen molar-refractivity contribution >= 4 is 34.1 Å². The highest BCUT2D eigenvalue weighted by molar-refractivity contribution is 6.06. The molecule has 31 heavy (non-hydrogen) atoms. The lowest BCUT2D eigenvalue weighted by Crippen LogP contribution is -1.97. The van der Waals surface area contributed by atoms with Gasteiger partial charge in [-0.3, -0.25) is 5.10 Å². The van der Waals surface area contributed by atoms with Gasteiger partial charge < -0.3 is 5.11 Å². The van der Waals surface area contributed by atoms with Crippen molar-refractivity contribution in [3.8, 4) is 0 Å². The maximum Gasteiger partial charge on any atom is 0.328 e. The molecular weight excluding hydrogens is 384 g/mol. The van der Waals surface area contributed by atoms with E-state index in [4.69, 9.17) is 5.11 Å². The van der Waals surface area contributed by atoms with Crippen LogP contribution >= 0.6 is 0 Å². The number of aromatic nitrogens is 2. The van der Waals surface area contributed by atoms with Crippen LogP contribution < -0.4 is 0 Å². The number of carboxylic acid groups (broad SMARTS) is 1. The minimum atomic E-state index is -0.955. The molecule has 0 saturated heterocycles. The van der Waals surface area contributed by atoms with Gasteiger partial charge in [-0.15, -0.1) is 0 Å². The third-order valence-corrected chi connectivity index (χ3v) is 5.50. The van der Waals surface area contributed by atoms with E-state index in [0.29, 0.717) is 0 Å². The topological polar surface area (TPSA) is 66.0 Å². The van der Waals surface area contributed by atoms with Gasteiger partial charge >= 0.3 is 5.97 Å². The van der Waals surface area contributed by atoms with Crippen molar-refractivity contribution < 1.29 is 9.90 Å². The Hall–Kier alpha value is -3.92. The maximum absolute atomic E-state index is 10.8. The molecule has 0 amide bonds. The van der Waals surface area contributed by atoms with Crippen LogP contribution in [0.3, 0.4) is 0 Å². The van der Waals surface area contributed by atoms with E-state index in [1.165, 1.54) is 16.7 Å². The Kier molecular flexibility index (Phi) is 5.80. The van der Waals surface area contributed by atoms with Crippen LogP contribution in [-0.2, 0) is 4.79 Å². The third kappa shape index (κ3) is 4.19. The number of benzene rings is 3. The molecule has 3 aromatic carbocycles. The number of allylic oxidation sites excluding steroid dienone is 1. The minimum Gasteiger partial charge on any atom is -0.478 e. The van der Waals surface area contributed by atoms with Gasteiger partial charge in [-0.1, -0.05) is 67.6 Å². The first-order valence-electron chi connectivity index (χ1n) is 10.3. The van der Waals surface area contributed by atoms with Crippen molar-refractivity contribution in [2.45, 2.75) is 20.3 Å². The van der Waals surface area contributed by atoms with Crippen molar-refractivity contribution in [2.75, 3.05) is 0 Å². The number of fused-ring (bicyclic) bond motifs is 1. The number of hydrogen-bond acceptors (Lipinski definition) is 2. The molecule has 0 atom stereocenters. The van der Waals surface area contributed by atoms with E-state index in [1.807, 2.05) is 30.5 Å². The molecule has 0 bridgehead atoms. The van der Waals surface area contributed by atoms with E-state index in [9.17, 15) is 4.79 Å². The van der Waals surface area contributed by atoms with Crippen molar-refractivity contribution in [3.05, 3.63) is 107 Å². The first-order valence-corrected chi connectivity index (χ1v) is 10.3. The number of carbonyl (C=O) groups is 1. The van der Waals surface area contributed by atoms with Crippen LogP contribution in [0.4, 0.5) is 0 Å². The molecule has 0 saturated carbocycles. The largest absolute Gasteiger partial charge is 0.478 e. The Morgan fingerprint density at radius 3 is 2.45 bits per heavy atom. The van der Waals surface area contributed by atoms with Gasteiger partial charge in [0.15, 0.2) is 0 Å². The van der Waals surface area contributed by atoms with Gasteiger partial charge in [-0.25, -0.2) is 4.79 Å². The molecule has 0 radical (unpaired) electrons. The fraction of sp³-hybridized carbons (Fsp3) is 0.111. The Morgan fingerprint density at radius 1 is 1.00 bits per heavy atom. The number of aromatic amines is 1. The summed E-state index contributed by atoms with van der Waals surface area (Å²) in [4.78, 5) is 10.8. The van der Waals surface area contributed by atoms with E-state index < -0.39 is 5.97 Å². The number of aryl methyl sites for hydroxylation is 1. The molecule has 1 aromatic heterocycles. The van der Waals surface area contributed by atoms with Crippen LogP contribution in [0.2, 0.25) is 0 Å². The van der Waals surface area contributed by atoms with E-state index in [0.717, 1.165) is 45.7 Å². The summed E-state index contributed by atoms with van der Waals surface area (Å²) in [6.45, 7) is 4.32. The van der Waals surface area contributed by atoms with Crippen LogP contribution in [0.15, 0.2) is 79.0 Å². The average Bonchev–Trinajstić information content (AvgIpc) is 3.26. The zero-order valence-electron chi connectivity index (χ0n) is 17.6. The summed E-state index contributed by atoms with van der Waals surface area (Å²) < 4.78 is 0. The van der Waals surface area contributed by atoms with Gasteiger partial charge in [0.25, 0.3) is 0 Å². The number of hydrogen-bond donors (Lipinski definition) is 2. The summed E-state index contributed by atoms with van der Waals surface area (Å²) in [7, 11) is 0. The van der Waals surface area contributed by atoms with E-state index in [1.54, 1.807) is 6.08 Å². The second kappa shape index (κ2) is 8.84. The molecular formula is C27H24N2O2. The SMILES string of the molecule is CC/C(=C(/c1ccc(/C=C/C(=O)O)cc1)c1cccc2[nH]ncc12)c1ccccc1C. The Bertz CT molecular complexity index is 1290. The number of nitrogens with zero attached hydrogens (tertiary/aromatic N) is 1. The van der Waals surface area contributed by atoms with Crippen LogP contribution in [-0.4, -0.2) is 21.3 Å². The fourth-order valence-corrected chi connectivity index (χ4v) is 4.02. The zero-order valence-corrected chi connectivity index (χ0v) is 17.6. The van der Waals surface area contributed by atoms with Gasteiger partial charge in [0.2, 0.25) is 0 Å². The standard InChI is InChI=1S/C27H24N2O2/c1-3-21(22-8-5-4-7-18(22)2)27(23-9-6-10-25-24(23)17-28-29-25)20-14-11-19(12-15-20)13-16-26(30)31/h4-17H,3H2,1-2H3,(H,28,29)(H,30,31)/b16-13+,27-21+. The van der Waals surface area contributed by atoms with Crippen LogP contribution in [0.1, 0.15) is 41.2 Å². The summed E-state index contributed by atoms with van der Waals surface area (Å²) in [5.74, 6) is -0.955. The predicted molar refractivity (Wildman–Crippen MR) is 127 cm³/mol. The van der Waals surface area contributed by atoms with Gasteiger partial charge in [0.05, 0.1) is 11.7 Å². The second-order valence-corrected chi connectivity index (χ2v) is 7.45. The average molecular weight is 409 g/mol. The highest BCUT2D eigenvalue weighted by Gasteiger charge is 2.17. The van der Waals surface area contributed by atoms with Crippen LogP contribution in [0.5, 0.6) is 0 Å². The van der Waals surface area contributed by atoms with Crippen molar-refractivity contribution in [1.82, 2.24) is 10.2 Å². The van der Waals surface area contributed by atoms with Gasteiger partial charge in [0.1, 0.15) is 0 Å². The lowest BCUT2D eigenvalue weighted by Gasteiger charge is -2.18. The lowest BCUT2D eigenvalue weighted by atomic mass is 9.85. The zero-order chi connectivity index (χ0) is 21.8. The number of rotatable bonds is 6. The molecule has 4 rings (SSSR count). The molecule has 0 aliphatic heterocycles. The lowest BCUT2D eigenvalue weighted by molar-refractivity contribution is -0.131. The molecule has 4 heteroatoms. The molecule has 4 nitrogen and oxygen atoms in total. The predicted octanol–water partition coefficient (Wildman–Crippen LogP) is 6.34. The first-order chi connectivity index (χ1) is 15.1. The molecule has 0 spiro atoms. The first kappa shape index (κ1) is 20.4. The smallest absolute Gasteiger partial charge is 0.328 e. The molecule has 0 unspecified atom stereocenters. The molecule has 0 fully saturated rings. The monoisotopic (exact) mass is 408 g/mol. The number of H-pyrrole nitrogens is 1. The summed E-state index contributed by atoms with van der Waals surface area (Å²) in [5.41, 5.74) is 8.95. The molecule has 1 heterocycles. The molecule has 0 aliphatic carbocycles. The Labute approximate surface area is 181 Å². The van der Waals surface area contributed by atoms with Gasteiger partial charge in [-0.05, 0) is 64.5 Å². The number of nitrogens with one attached hydrogen (secondary N) is 1. The molecule has 154 valence electrons. The van der Waals surface area contributed by atoms with E-state index >= 15 is 0 Å². The van der Waals surface area contributed by atoms with Crippen molar-refractivity contribution in [1.29, 1.82) is 0 Å². The minimum absolute atomic E-state index is 0.848. The highest BCUT2D eigenvalue weighted by atomic mass is 16.4. The third-order valence-electron chi connectivity index (χ3n) is 5.50. The van der Waals surface area contributed by atoms with Crippen LogP contribution in [0, 0.1) is 6.92 Å². The summed E-state index contributed by atoms with van der Waals surface area (Å²) in [6.07, 6.45) is 5.51. The quantitative estimate of drug-likeness (QED) is 0.289. The van der Waals surface area contributed by atoms with Crippen molar-refractivity contribution in [3.63, 3.8) is 0 Å². The summed E-state index contributed by atoms with van der Waals surface area (Å²) >= 11 is 0. The van der Waals surface area contributed by atoms with Gasteiger partial charge in [-0.2, -0.15) is 5.10 Å². The molecule has 0 aliphatic rings. The fourth-order valence-electron chi connectivity index (χ4n) is 4.02. The summed E-state index contributed by atoms with van der Waals surface area (Å²) in [5, 5.41) is 17.3. The van der Waals surface area contributed by atoms with E-state index in [-0.39, 0.29) is 0 Å². The van der Waals surface area contributed by atoms with Crippen molar-refractivity contribution in [2.24, 2.45) is 0 Å². The summed E-state index contributed by atoms with van der Waals surface area (Å²) in [6, 6.07) is 22.7. The number of carboxylic acids is 1. The van der Waals surface area contributed by atoms with Gasteiger partial charge in [0, 0.05) is 11.5 Å². The van der Waals surface area contributed by atoms with Crippen LogP contribution in [0.25, 0.3) is 28.1 Å². The normalized spacial score (nSPS) is 12.3. The maximum atomic E-state index is 10.8. The highest BCUT2D eigenvalue weighted by Crippen LogP contribution is 2.38. The molecule has 2 N–H and O–H groups in total. The Balaban J connectivity index is 1.97. The number of aliphatic carboxylic acids is 1. The molecule has 4 aromatic rings. The Morgan fingerprint density at radius 2 is 1.74 bits per heavy atom. The van der Waals surface area contributed by atoms with E-state index in [2.05, 4.69) is 66.5 Å². The second-order valence-electron chi connectivity index (χ2n) is 7.45.